The molecule has 3 amide bonds. The number of amides is 3. The number of rotatable bonds is 7. The van der Waals surface area contributed by atoms with Crippen molar-refractivity contribution in [2.24, 2.45) is 0 Å². The Morgan fingerprint density at radius 2 is 1.83 bits per heavy atom. The quantitative estimate of drug-likeness (QED) is 0.736. The Balaban J connectivity index is 1.70. The lowest BCUT2D eigenvalue weighted by Gasteiger charge is -2.24. The van der Waals surface area contributed by atoms with Gasteiger partial charge in [0.15, 0.2) is 0 Å². The molecule has 0 bridgehead atoms. The second-order valence-electron chi connectivity index (χ2n) is 7.24. The van der Waals surface area contributed by atoms with Gasteiger partial charge < -0.3 is 20.3 Å². The summed E-state index contributed by atoms with van der Waals surface area (Å²) in [5, 5.41) is 5.63. The van der Waals surface area contributed by atoms with Crippen LogP contribution in [-0.4, -0.2) is 48.9 Å². The minimum absolute atomic E-state index is 0.121. The van der Waals surface area contributed by atoms with Gasteiger partial charge in [-0.15, -0.1) is 0 Å². The molecule has 0 saturated carbocycles. The van der Waals surface area contributed by atoms with Crippen LogP contribution in [0, 0.1) is 0 Å². The van der Waals surface area contributed by atoms with Crippen molar-refractivity contribution in [1.82, 2.24) is 10.2 Å². The summed E-state index contributed by atoms with van der Waals surface area (Å²) in [7, 11) is 1.62. The van der Waals surface area contributed by atoms with Crippen molar-refractivity contribution in [3.05, 3.63) is 48.5 Å². The van der Waals surface area contributed by atoms with Crippen molar-refractivity contribution in [3.8, 4) is 16.9 Å². The van der Waals surface area contributed by atoms with Crippen LogP contribution in [0.1, 0.15) is 26.2 Å². The van der Waals surface area contributed by atoms with Crippen LogP contribution >= 0.6 is 0 Å². The lowest BCUT2D eigenvalue weighted by molar-refractivity contribution is -0.136. The zero-order valence-electron chi connectivity index (χ0n) is 17.3. The molecule has 0 aliphatic carbocycles. The van der Waals surface area contributed by atoms with Gasteiger partial charge >= 0.3 is 0 Å². The Kier molecular flexibility index (Phi) is 7.06. The molecule has 1 aliphatic heterocycles. The number of ether oxygens (including phenoxy) is 1. The summed E-state index contributed by atoms with van der Waals surface area (Å²) < 4.78 is 5.21. The molecule has 1 unspecified atom stereocenters. The van der Waals surface area contributed by atoms with E-state index >= 15 is 0 Å². The average Bonchev–Trinajstić information content (AvgIpc) is 3.24. The molecule has 1 saturated heterocycles. The summed E-state index contributed by atoms with van der Waals surface area (Å²) in [5.74, 6) is 0.277. The summed E-state index contributed by atoms with van der Waals surface area (Å²) in [5.41, 5.74) is 2.56. The fourth-order valence-corrected chi connectivity index (χ4v) is 3.66. The number of methoxy groups -OCH3 is 1. The lowest BCUT2D eigenvalue weighted by Crippen LogP contribution is -2.44. The number of nitrogens with one attached hydrogen (secondary N) is 2. The highest BCUT2D eigenvalue weighted by Crippen LogP contribution is 2.30. The first-order chi connectivity index (χ1) is 14.5. The fourth-order valence-electron chi connectivity index (χ4n) is 3.66. The standard InChI is InChI=1S/C23H27N3O4/c1-16(27)24-14-13-22(28)26-15-5-8-21(26)23(29)25-20-7-4-3-6-19(20)17-9-11-18(30-2)12-10-17/h3-4,6-7,9-12,21H,5,8,13-15H2,1-2H3,(H,24,27)(H,25,29). The molecule has 1 aliphatic rings. The van der Waals surface area contributed by atoms with Crippen LogP contribution in [0.5, 0.6) is 5.75 Å². The summed E-state index contributed by atoms with van der Waals surface area (Å²) in [6.45, 7) is 2.24. The van der Waals surface area contributed by atoms with Crippen LogP contribution in [0.2, 0.25) is 0 Å². The maximum atomic E-state index is 13.0. The van der Waals surface area contributed by atoms with Gasteiger partial charge in [-0.1, -0.05) is 30.3 Å². The summed E-state index contributed by atoms with van der Waals surface area (Å²) in [6, 6.07) is 14.7. The first kappa shape index (κ1) is 21.4. The Morgan fingerprint density at radius 3 is 2.53 bits per heavy atom. The van der Waals surface area contributed by atoms with E-state index in [9.17, 15) is 14.4 Å². The second kappa shape index (κ2) is 9.91. The van der Waals surface area contributed by atoms with E-state index in [0.29, 0.717) is 18.7 Å². The van der Waals surface area contributed by atoms with Crippen LogP contribution in [-0.2, 0) is 14.4 Å². The number of anilines is 1. The fraction of sp³-hybridized carbons (Fsp3) is 0.348. The third-order valence-electron chi connectivity index (χ3n) is 5.17. The van der Waals surface area contributed by atoms with Crippen molar-refractivity contribution in [1.29, 1.82) is 0 Å². The lowest BCUT2D eigenvalue weighted by atomic mass is 10.0. The van der Waals surface area contributed by atoms with Crippen molar-refractivity contribution in [3.63, 3.8) is 0 Å². The van der Waals surface area contributed by atoms with Gasteiger partial charge in [0, 0.05) is 37.7 Å². The topological polar surface area (TPSA) is 87.7 Å². The molecular formula is C23H27N3O4. The molecule has 0 radical (unpaired) electrons. The Labute approximate surface area is 176 Å². The van der Waals surface area contributed by atoms with Crippen molar-refractivity contribution < 1.29 is 19.1 Å². The molecule has 1 fully saturated rings. The van der Waals surface area contributed by atoms with Gasteiger partial charge in [-0.3, -0.25) is 14.4 Å². The zero-order valence-corrected chi connectivity index (χ0v) is 17.3. The number of benzene rings is 2. The molecule has 0 spiro atoms. The maximum Gasteiger partial charge on any atom is 0.247 e. The zero-order chi connectivity index (χ0) is 21.5. The molecule has 30 heavy (non-hydrogen) atoms. The van der Waals surface area contributed by atoms with Gasteiger partial charge in [-0.05, 0) is 36.6 Å². The Hall–Kier alpha value is -3.35. The molecule has 1 heterocycles. The highest BCUT2D eigenvalue weighted by atomic mass is 16.5. The van der Waals surface area contributed by atoms with E-state index in [4.69, 9.17) is 4.74 Å². The highest BCUT2D eigenvalue weighted by Gasteiger charge is 2.34. The number of likely N-dealkylation sites (tertiary alicyclic amines) is 1. The Morgan fingerprint density at radius 1 is 1.10 bits per heavy atom. The first-order valence-electron chi connectivity index (χ1n) is 10.1. The number of para-hydroxylation sites is 1. The predicted molar refractivity (Wildman–Crippen MR) is 115 cm³/mol. The number of carbonyl (C=O) groups excluding carboxylic acids is 3. The van der Waals surface area contributed by atoms with Crippen LogP contribution in [0.25, 0.3) is 11.1 Å². The van der Waals surface area contributed by atoms with Gasteiger partial charge in [-0.25, -0.2) is 0 Å². The number of hydrogen-bond acceptors (Lipinski definition) is 4. The molecule has 2 N–H and O–H groups in total. The molecule has 0 aromatic heterocycles. The van der Waals surface area contributed by atoms with Gasteiger partial charge in [-0.2, -0.15) is 0 Å². The predicted octanol–water partition coefficient (Wildman–Crippen LogP) is 2.82. The molecule has 1 atom stereocenters. The molecular weight excluding hydrogens is 382 g/mol. The normalized spacial score (nSPS) is 15.5. The summed E-state index contributed by atoms with van der Waals surface area (Å²) >= 11 is 0. The van der Waals surface area contributed by atoms with Gasteiger partial charge in [0.05, 0.1) is 7.11 Å². The number of nitrogens with zero attached hydrogens (tertiary/aromatic N) is 1. The van der Waals surface area contributed by atoms with Crippen molar-refractivity contribution >= 4 is 23.4 Å². The van der Waals surface area contributed by atoms with E-state index < -0.39 is 6.04 Å². The largest absolute Gasteiger partial charge is 0.497 e. The molecule has 2 aromatic rings. The monoisotopic (exact) mass is 409 g/mol. The van der Waals surface area contributed by atoms with E-state index in [1.807, 2.05) is 48.5 Å². The van der Waals surface area contributed by atoms with Gasteiger partial charge in [0.2, 0.25) is 17.7 Å². The van der Waals surface area contributed by atoms with Crippen LogP contribution < -0.4 is 15.4 Å². The third kappa shape index (κ3) is 5.17. The summed E-state index contributed by atoms with van der Waals surface area (Å²) in [6.07, 6.45) is 1.60. The summed E-state index contributed by atoms with van der Waals surface area (Å²) in [4.78, 5) is 38.1. The molecule has 2 aromatic carbocycles. The van der Waals surface area contributed by atoms with E-state index in [1.54, 1.807) is 12.0 Å². The Bertz CT molecular complexity index is 911. The van der Waals surface area contributed by atoms with E-state index in [2.05, 4.69) is 10.6 Å². The molecule has 158 valence electrons. The first-order valence-corrected chi connectivity index (χ1v) is 10.1. The smallest absolute Gasteiger partial charge is 0.247 e. The van der Waals surface area contributed by atoms with Crippen molar-refractivity contribution in [2.45, 2.75) is 32.2 Å². The number of carbonyl (C=O) groups is 3. The van der Waals surface area contributed by atoms with Crippen LogP contribution in [0.15, 0.2) is 48.5 Å². The van der Waals surface area contributed by atoms with E-state index in [-0.39, 0.29) is 30.7 Å². The second-order valence-corrected chi connectivity index (χ2v) is 7.24. The molecule has 3 rings (SSSR count). The van der Waals surface area contributed by atoms with E-state index in [0.717, 1.165) is 23.3 Å². The minimum atomic E-state index is -0.501. The van der Waals surface area contributed by atoms with E-state index in [1.165, 1.54) is 6.92 Å². The maximum absolute atomic E-state index is 13.0. The molecule has 7 heteroatoms. The van der Waals surface area contributed by atoms with Crippen molar-refractivity contribution in [2.75, 3.05) is 25.5 Å². The minimum Gasteiger partial charge on any atom is -0.497 e. The van der Waals surface area contributed by atoms with Crippen LogP contribution in [0.3, 0.4) is 0 Å². The SMILES string of the molecule is COc1ccc(-c2ccccc2NC(=O)C2CCCN2C(=O)CCNC(C)=O)cc1. The highest BCUT2D eigenvalue weighted by molar-refractivity contribution is 6.00. The number of hydrogen-bond donors (Lipinski definition) is 2. The van der Waals surface area contributed by atoms with Crippen LogP contribution in [0.4, 0.5) is 5.69 Å². The third-order valence-corrected chi connectivity index (χ3v) is 5.17. The van der Waals surface area contributed by atoms with Gasteiger partial charge in [0.1, 0.15) is 11.8 Å². The van der Waals surface area contributed by atoms with Gasteiger partial charge in [0.25, 0.3) is 0 Å². The molecule has 7 nitrogen and oxygen atoms in total. The average molecular weight is 409 g/mol.